The Morgan fingerprint density at radius 1 is 1.22 bits per heavy atom. The van der Waals surface area contributed by atoms with Gasteiger partial charge in [0.1, 0.15) is 11.3 Å². The van der Waals surface area contributed by atoms with Crippen molar-refractivity contribution in [2.75, 3.05) is 0 Å². The molecule has 136 valence electrons. The summed E-state index contributed by atoms with van der Waals surface area (Å²) in [5.41, 5.74) is 3.34. The third kappa shape index (κ3) is 3.46. The SMILES string of the molecule is CC(NC(=O)c1cnn(C)c1Cc1ccccc1)c1cc2cnccc2o1. The monoisotopic (exact) mass is 360 g/mol. The van der Waals surface area contributed by atoms with Crippen molar-refractivity contribution in [3.63, 3.8) is 0 Å². The predicted molar refractivity (Wildman–Crippen MR) is 102 cm³/mol. The second kappa shape index (κ2) is 7.07. The number of hydrogen-bond acceptors (Lipinski definition) is 4. The Bertz CT molecular complexity index is 1050. The summed E-state index contributed by atoms with van der Waals surface area (Å²) in [5.74, 6) is 0.528. The van der Waals surface area contributed by atoms with E-state index in [9.17, 15) is 4.79 Å². The number of aromatic nitrogens is 3. The van der Waals surface area contributed by atoms with Gasteiger partial charge in [-0.2, -0.15) is 5.10 Å². The van der Waals surface area contributed by atoms with Crippen LogP contribution in [0, 0.1) is 0 Å². The Hall–Kier alpha value is -3.41. The van der Waals surface area contributed by atoms with Gasteiger partial charge in [-0.15, -0.1) is 0 Å². The van der Waals surface area contributed by atoms with Crippen molar-refractivity contribution in [2.45, 2.75) is 19.4 Å². The minimum atomic E-state index is -0.269. The Kier molecular flexibility index (Phi) is 4.46. The van der Waals surface area contributed by atoms with E-state index in [4.69, 9.17) is 4.42 Å². The number of furan rings is 1. The Labute approximate surface area is 156 Å². The molecule has 1 amide bonds. The first-order valence-corrected chi connectivity index (χ1v) is 8.81. The lowest BCUT2D eigenvalue weighted by molar-refractivity contribution is 0.0934. The molecule has 27 heavy (non-hydrogen) atoms. The van der Waals surface area contributed by atoms with Gasteiger partial charge in [0.25, 0.3) is 5.91 Å². The fourth-order valence-corrected chi connectivity index (χ4v) is 3.12. The molecule has 0 fully saturated rings. The summed E-state index contributed by atoms with van der Waals surface area (Å²) >= 11 is 0. The first kappa shape index (κ1) is 17.0. The molecule has 0 radical (unpaired) electrons. The summed E-state index contributed by atoms with van der Waals surface area (Å²) in [7, 11) is 1.85. The summed E-state index contributed by atoms with van der Waals surface area (Å²) in [6.45, 7) is 1.90. The van der Waals surface area contributed by atoms with Crippen molar-refractivity contribution in [3.8, 4) is 0 Å². The predicted octanol–water partition coefficient (Wildman–Crippen LogP) is 3.64. The first-order valence-electron chi connectivity index (χ1n) is 8.81. The summed E-state index contributed by atoms with van der Waals surface area (Å²) in [4.78, 5) is 16.9. The van der Waals surface area contributed by atoms with E-state index in [-0.39, 0.29) is 11.9 Å². The second-order valence-corrected chi connectivity index (χ2v) is 6.55. The number of nitrogens with one attached hydrogen (secondary N) is 1. The van der Waals surface area contributed by atoms with Gasteiger partial charge in [-0.25, -0.2) is 0 Å². The third-order valence-electron chi connectivity index (χ3n) is 4.63. The van der Waals surface area contributed by atoms with Crippen molar-refractivity contribution in [3.05, 3.63) is 83.6 Å². The molecule has 3 aromatic heterocycles. The molecule has 6 nitrogen and oxygen atoms in total. The highest BCUT2D eigenvalue weighted by molar-refractivity contribution is 5.95. The average molecular weight is 360 g/mol. The van der Waals surface area contributed by atoms with Crippen LogP contribution >= 0.6 is 0 Å². The van der Waals surface area contributed by atoms with Gasteiger partial charge in [0, 0.05) is 31.2 Å². The molecule has 0 aliphatic rings. The number of amides is 1. The molecular weight excluding hydrogens is 340 g/mol. The molecule has 0 aliphatic carbocycles. The van der Waals surface area contributed by atoms with Crippen LogP contribution in [-0.2, 0) is 13.5 Å². The van der Waals surface area contributed by atoms with Crippen LogP contribution in [0.2, 0.25) is 0 Å². The molecule has 1 aromatic carbocycles. The molecule has 0 bridgehead atoms. The van der Waals surface area contributed by atoms with Crippen LogP contribution in [0.25, 0.3) is 11.0 Å². The number of carbonyl (C=O) groups is 1. The minimum Gasteiger partial charge on any atom is -0.459 e. The van der Waals surface area contributed by atoms with Crippen LogP contribution < -0.4 is 5.32 Å². The fourth-order valence-electron chi connectivity index (χ4n) is 3.12. The largest absolute Gasteiger partial charge is 0.459 e. The van der Waals surface area contributed by atoms with Gasteiger partial charge in [0.15, 0.2) is 0 Å². The van der Waals surface area contributed by atoms with E-state index in [0.29, 0.717) is 17.7 Å². The number of fused-ring (bicyclic) bond motifs is 1. The molecular formula is C21H20N4O2. The van der Waals surface area contributed by atoms with Gasteiger partial charge in [-0.1, -0.05) is 30.3 Å². The standard InChI is InChI=1S/C21H20N4O2/c1-14(20-11-16-12-22-9-8-19(16)27-20)24-21(26)17-13-23-25(2)18(17)10-15-6-4-3-5-7-15/h3-9,11-14H,10H2,1-2H3,(H,24,26). The van der Waals surface area contributed by atoms with Crippen LogP contribution in [0.4, 0.5) is 0 Å². The van der Waals surface area contributed by atoms with Crippen LogP contribution in [0.3, 0.4) is 0 Å². The van der Waals surface area contributed by atoms with E-state index in [1.165, 1.54) is 0 Å². The van der Waals surface area contributed by atoms with E-state index in [0.717, 1.165) is 22.2 Å². The minimum absolute atomic E-state index is 0.167. The first-order chi connectivity index (χ1) is 13.1. The number of pyridine rings is 1. The van der Waals surface area contributed by atoms with E-state index >= 15 is 0 Å². The van der Waals surface area contributed by atoms with Crippen molar-refractivity contribution in [1.29, 1.82) is 0 Å². The highest BCUT2D eigenvalue weighted by atomic mass is 16.3. The summed E-state index contributed by atoms with van der Waals surface area (Å²) in [6.07, 6.45) is 5.69. The van der Waals surface area contributed by atoms with Crippen LogP contribution in [0.15, 0.2) is 65.5 Å². The lowest BCUT2D eigenvalue weighted by Gasteiger charge is -2.12. The molecule has 0 saturated carbocycles. The highest BCUT2D eigenvalue weighted by Gasteiger charge is 2.20. The second-order valence-electron chi connectivity index (χ2n) is 6.55. The van der Waals surface area contributed by atoms with E-state index < -0.39 is 0 Å². The summed E-state index contributed by atoms with van der Waals surface area (Å²) in [5, 5.41) is 8.20. The number of aryl methyl sites for hydroxylation is 1. The smallest absolute Gasteiger partial charge is 0.255 e. The number of hydrogen-bond donors (Lipinski definition) is 1. The highest BCUT2D eigenvalue weighted by Crippen LogP contribution is 2.23. The number of benzene rings is 1. The molecule has 0 aliphatic heterocycles. The Morgan fingerprint density at radius 2 is 2.04 bits per heavy atom. The zero-order chi connectivity index (χ0) is 18.8. The van der Waals surface area contributed by atoms with E-state index in [1.54, 1.807) is 23.3 Å². The maximum absolute atomic E-state index is 12.8. The van der Waals surface area contributed by atoms with E-state index in [2.05, 4.69) is 15.4 Å². The van der Waals surface area contributed by atoms with Gasteiger partial charge in [0.2, 0.25) is 0 Å². The van der Waals surface area contributed by atoms with Crippen LogP contribution in [0.5, 0.6) is 0 Å². The van der Waals surface area contributed by atoms with Gasteiger partial charge in [-0.05, 0) is 24.6 Å². The summed E-state index contributed by atoms with van der Waals surface area (Å²) in [6, 6.07) is 13.5. The van der Waals surface area contributed by atoms with E-state index in [1.807, 2.05) is 56.4 Å². The molecule has 4 rings (SSSR count). The van der Waals surface area contributed by atoms with Crippen molar-refractivity contribution in [1.82, 2.24) is 20.1 Å². The molecule has 1 atom stereocenters. The Morgan fingerprint density at radius 3 is 2.81 bits per heavy atom. The molecule has 3 heterocycles. The topological polar surface area (TPSA) is 73.0 Å². The number of carbonyl (C=O) groups excluding carboxylic acids is 1. The maximum atomic E-state index is 12.8. The quantitative estimate of drug-likeness (QED) is 0.590. The maximum Gasteiger partial charge on any atom is 0.255 e. The molecule has 0 spiro atoms. The van der Waals surface area contributed by atoms with Crippen molar-refractivity contribution in [2.24, 2.45) is 7.05 Å². The van der Waals surface area contributed by atoms with Gasteiger partial charge in [0.05, 0.1) is 23.5 Å². The molecule has 4 aromatic rings. The zero-order valence-corrected chi connectivity index (χ0v) is 15.2. The molecule has 1 unspecified atom stereocenters. The van der Waals surface area contributed by atoms with Crippen molar-refractivity contribution < 1.29 is 9.21 Å². The number of nitrogens with zero attached hydrogens (tertiary/aromatic N) is 3. The van der Waals surface area contributed by atoms with Crippen LogP contribution in [-0.4, -0.2) is 20.7 Å². The molecule has 6 heteroatoms. The lowest BCUT2D eigenvalue weighted by Crippen LogP contribution is -2.27. The normalized spacial score (nSPS) is 12.2. The summed E-state index contributed by atoms with van der Waals surface area (Å²) < 4.78 is 7.57. The van der Waals surface area contributed by atoms with Crippen LogP contribution in [0.1, 0.15) is 40.3 Å². The lowest BCUT2D eigenvalue weighted by atomic mass is 10.1. The zero-order valence-electron chi connectivity index (χ0n) is 15.2. The average Bonchev–Trinajstić information content (AvgIpc) is 3.27. The molecule has 1 N–H and O–H groups in total. The van der Waals surface area contributed by atoms with Crippen molar-refractivity contribution >= 4 is 16.9 Å². The number of rotatable bonds is 5. The fraction of sp³-hybridized carbons (Fsp3) is 0.190. The van der Waals surface area contributed by atoms with Gasteiger partial charge in [-0.3, -0.25) is 14.5 Å². The van der Waals surface area contributed by atoms with Gasteiger partial charge < -0.3 is 9.73 Å². The third-order valence-corrected chi connectivity index (χ3v) is 4.63. The molecule has 0 saturated heterocycles. The Balaban J connectivity index is 1.54. The van der Waals surface area contributed by atoms with Gasteiger partial charge >= 0.3 is 0 Å².